The molecule has 2 saturated heterocycles. The van der Waals surface area contributed by atoms with Crippen molar-refractivity contribution in [3.8, 4) is 0 Å². The summed E-state index contributed by atoms with van der Waals surface area (Å²) in [4.78, 5) is 26.3. The monoisotopic (exact) mass is 311 g/mol. The van der Waals surface area contributed by atoms with Gasteiger partial charge >= 0.3 is 6.09 Å². The fourth-order valence-electron chi connectivity index (χ4n) is 3.14. The van der Waals surface area contributed by atoms with Gasteiger partial charge in [-0.3, -0.25) is 4.79 Å². The van der Waals surface area contributed by atoms with Crippen molar-refractivity contribution in [2.75, 3.05) is 13.1 Å². The van der Waals surface area contributed by atoms with Crippen molar-refractivity contribution in [3.05, 3.63) is 0 Å². The molecule has 2 N–H and O–H groups in total. The number of carbonyl (C=O) groups is 2. The van der Waals surface area contributed by atoms with E-state index in [1.807, 2.05) is 32.6 Å². The highest BCUT2D eigenvalue weighted by molar-refractivity contribution is 5.88. The van der Waals surface area contributed by atoms with Crippen LogP contribution in [0.3, 0.4) is 0 Å². The molecule has 0 radical (unpaired) electrons. The number of nitrogens with one attached hydrogen (secondary N) is 2. The average molecular weight is 311 g/mol. The highest BCUT2D eigenvalue weighted by atomic mass is 16.6. The zero-order chi connectivity index (χ0) is 16.3. The van der Waals surface area contributed by atoms with Crippen molar-refractivity contribution in [3.63, 3.8) is 0 Å². The van der Waals surface area contributed by atoms with Gasteiger partial charge in [-0.2, -0.15) is 0 Å². The summed E-state index contributed by atoms with van der Waals surface area (Å²) in [5, 5.41) is 6.18. The molecule has 3 atom stereocenters. The van der Waals surface area contributed by atoms with Gasteiger partial charge in [-0.25, -0.2) is 4.79 Å². The molecule has 2 rings (SSSR count). The van der Waals surface area contributed by atoms with Crippen LogP contribution in [0, 0.1) is 0 Å². The van der Waals surface area contributed by atoms with Gasteiger partial charge in [-0.05, 0) is 53.5 Å². The van der Waals surface area contributed by atoms with E-state index in [0.717, 1.165) is 19.5 Å². The molecule has 6 nitrogen and oxygen atoms in total. The fraction of sp³-hybridized carbons (Fsp3) is 0.875. The van der Waals surface area contributed by atoms with Crippen LogP contribution in [0.25, 0.3) is 0 Å². The SMILES string of the molecule is CC1C[C@H](NC(=O)OC(C)(C)C)C(=O)N1CC1CCCCN1. The summed E-state index contributed by atoms with van der Waals surface area (Å²) in [6.07, 6.45) is 3.66. The summed E-state index contributed by atoms with van der Waals surface area (Å²) in [5.41, 5.74) is -0.553. The minimum Gasteiger partial charge on any atom is -0.444 e. The molecule has 2 heterocycles. The Kier molecular flexibility index (Phi) is 5.32. The highest BCUT2D eigenvalue weighted by Gasteiger charge is 2.39. The first-order chi connectivity index (χ1) is 10.3. The maximum absolute atomic E-state index is 12.5. The van der Waals surface area contributed by atoms with Crippen molar-refractivity contribution in [1.82, 2.24) is 15.5 Å². The number of likely N-dealkylation sites (tertiary alicyclic amines) is 1. The molecule has 0 aliphatic carbocycles. The molecule has 126 valence electrons. The molecule has 0 saturated carbocycles. The molecule has 0 aromatic heterocycles. The van der Waals surface area contributed by atoms with E-state index in [4.69, 9.17) is 4.74 Å². The second-order valence-electron chi connectivity index (χ2n) is 7.42. The van der Waals surface area contributed by atoms with E-state index >= 15 is 0 Å². The normalized spacial score (nSPS) is 29.5. The number of rotatable bonds is 3. The number of piperidine rings is 1. The van der Waals surface area contributed by atoms with Gasteiger partial charge in [0, 0.05) is 18.6 Å². The van der Waals surface area contributed by atoms with Gasteiger partial charge in [0.25, 0.3) is 0 Å². The fourth-order valence-corrected chi connectivity index (χ4v) is 3.14. The molecule has 2 unspecified atom stereocenters. The third kappa shape index (κ3) is 4.60. The lowest BCUT2D eigenvalue weighted by atomic mass is 10.0. The Hall–Kier alpha value is -1.30. The van der Waals surface area contributed by atoms with Crippen LogP contribution in [0.1, 0.15) is 53.4 Å². The summed E-state index contributed by atoms with van der Waals surface area (Å²) in [6, 6.07) is 0.0602. The number of amides is 2. The highest BCUT2D eigenvalue weighted by Crippen LogP contribution is 2.21. The van der Waals surface area contributed by atoms with Crippen LogP contribution in [0.5, 0.6) is 0 Å². The van der Waals surface area contributed by atoms with E-state index in [1.54, 1.807) is 0 Å². The van der Waals surface area contributed by atoms with Gasteiger partial charge in [0.15, 0.2) is 0 Å². The topological polar surface area (TPSA) is 70.7 Å². The summed E-state index contributed by atoms with van der Waals surface area (Å²) < 4.78 is 5.24. The number of hydrogen-bond acceptors (Lipinski definition) is 4. The van der Waals surface area contributed by atoms with Gasteiger partial charge < -0.3 is 20.3 Å². The Morgan fingerprint density at radius 3 is 2.73 bits per heavy atom. The summed E-state index contributed by atoms with van der Waals surface area (Å²) in [6.45, 7) is 9.23. The van der Waals surface area contributed by atoms with Gasteiger partial charge in [-0.15, -0.1) is 0 Å². The van der Waals surface area contributed by atoms with Crippen molar-refractivity contribution in [1.29, 1.82) is 0 Å². The molecule has 0 aromatic rings. The van der Waals surface area contributed by atoms with E-state index in [1.165, 1.54) is 12.8 Å². The number of carbonyl (C=O) groups excluding carboxylic acids is 2. The smallest absolute Gasteiger partial charge is 0.408 e. The maximum atomic E-state index is 12.5. The Balaban J connectivity index is 1.87. The third-order valence-corrected chi connectivity index (χ3v) is 4.21. The van der Waals surface area contributed by atoms with Crippen molar-refractivity contribution in [2.45, 2.75) is 77.1 Å². The molecule has 0 spiro atoms. The van der Waals surface area contributed by atoms with E-state index in [2.05, 4.69) is 10.6 Å². The molecule has 6 heteroatoms. The van der Waals surface area contributed by atoms with Gasteiger partial charge in [0.2, 0.25) is 5.91 Å². The quantitative estimate of drug-likeness (QED) is 0.831. The molecule has 22 heavy (non-hydrogen) atoms. The minimum absolute atomic E-state index is 0.00531. The molecule has 2 amide bonds. The largest absolute Gasteiger partial charge is 0.444 e. The van der Waals surface area contributed by atoms with E-state index < -0.39 is 17.7 Å². The molecular weight excluding hydrogens is 282 g/mol. The predicted molar refractivity (Wildman–Crippen MR) is 84.6 cm³/mol. The van der Waals surface area contributed by atoms with Crippen molar-refractivity contribution < 1.29 is 14.3 Å². The Morgan fingerprint density at radius 1 is 1.41 bits per heavy atom. The first-order valence-corrected chi connectivity index (χ1v) is 8.29. The summed E-state index contributed by atoms with van der Waals surface area (Å²) >= 11 is 0. The lowest BCUT2D eigenvalue weighted by Gasteiger charge is -2.30. The molecule has 2 aliphatic heterocycles. The van der Waals surface area contributed by atoms with E-state index in [-0.39, 0.29) is 11.9 Å². The third-order valence-electron chi connectivity index (χ3n) is 4.21. The van der Waals surface area contributed by atoms with Gasteiger partial charge in [0.05, 0.1) is 0 Å². The van der Waals surface area contributed by atoms with Crippen molar-refractivity contribution >= 4 is 12.0 Å². The molecule has 2 fully saturated rings. The summed E-state index contributed by atoms with van der Waals surface area (Å²) in [5.74, 6) is 0.00531. The van der Waals surface area contributed by atoms with Crippen molar-refractivity contribution in [2.24, 2.45) is 0 Å². The van der Waals surface area contributed by atoms with Crippen LogP contribution < -0.4 is 10.6 Å². The summed E-state index contributed by atoms with van der Waals surface area (Å²) in [7, 11) is 0. The Morgan fingerprint density at radius 2 is 2.14 bits per heavy atom. The van der Waals surface area contributed by atoms with Gasteiger partial charge in [0.1, 0.15) is 11.6 Å². The standard InChI is InChI=1S/C16H29N3O3/c1-11-9-13(18-15(21)22-16(2,3)4)14(20)19(11)10-12-7-5-6-8-17-12/h11-13,17H,5-10H2,1-4H3,(H,18,21)/t11?,12?,13-/m0/s1. The van der Waals surface area contributed by atoms with Crippen LogP contribution in [-0.2, 0) is 9.53 Å². The average Bonchev–Trinajstić information content (AvgIpc) is 2.65. The number of alkyl carbamates (subject to hydrolysis) is 1. The first-order valence-electron chi connectivity index (χ1n) is 8.29. The lowest BCUT2D eigenvalue weighted by Crippen LogP contribution is -2.48. The van der Waals surface area contributed by atoms with Crippen LogP contribution in [0.15, 0.2) is 0 Å². The lowest BCUT2D eigenvalue weighted by molar-refractivity contribution is -0.130. The van der Waals surface area contributed by atoms with E-state index in [0.29, 0.717) is 12.5 Å². The number of nitrogens with zero attached hydrogens (tertiary/aromatic N) is 1. The second kappa shape index (κ2) is 6.86. The first kappa shape index (κ1) is 17.1. The zero-order valence-corrected chi connectivity index (χ0v) is 14.1. The van der Waals surface area contributed by atoms with Crippen LogP contribution in [0.4, 0.5) is 4.79 Å². The molecule has 0 aromatic carbocycles. The maximum Gasteiger partial charge on any atom is 0.408 e. The van der Waals surface area contributed by atoms with Crippen LogP contribution in [0.2, 0.25) is 0 Å². The molecular formula is C16H29N3O3. The van der Waals surface area contributed by atoms with Crippen LogP contribution >= 0.6 is 0 Å². The van der Waals surface area contributed by atoms with Crippen LogP contribution in [-0.4, -0.2) is 53.7 Å². The number of ether oxygens (including phenoxy) is 1. The van der Waals surface area contributed by atoms with Gasteiger partial charge in [-0.1, -0.05) is 6.42 Å². The predicted octanol–water partition coefficient (Wildman–Crippen LogP) is 1.64. The molecule has 0 bridgehead atoms. The Bertz CT molecular complexity index is 413. The zero-order valence-electron chi connectivity index (χ0n) is 14.1. The second-order valence-corrected chi connectivity index (χ2v) is 7.42. The molecule has 2 aliphatic rings. The number of hydrogen-bond donors (Lipinski definition) is 2. The minimum atomic E-state index is -0.553. The van der Waals surface area contributed by atoms with E-state index in [9.17, 15) is 9.59 Å². The Labute approximate surface area is 132 Å².